The van der Waals surface area contributed by atoms with Gasteiger partial charge in [-0.25, -0.2) is 0 Å². The Morgan fingerprint density at radius 3 is 2.70 bits per heavy atom. The molecule has 5 heteroatoms. The van der Waals surface area contributed by atoms with Gasteiger partial charge in [0.25, 0.3) is 5.91 Å². The third-order valence-corrected chi connectivity index (χ3v) is 4.03. The van der Waals surface area contributed by atoms with Gasteiger partial charge in [0.05, 0.1) is 12.2 Å². The first-order chi connectivity index (χ1) is 11.1. The zero-order valence-corrected chi connectivity index (χ0v) is 14.3. The third-order valence-electron chi connectivity index (χ3n) is 4.03. The average Bonchev–Trinajstić information content (AvgIpc) is 2.53. The van der Waals surface area contributed by atoms with Crippen LogP contribution in [0, 0.1) is 0 Å². The van der Waals surface area contributed by atoms with Crippen LogP contribution in [0.1, 0.15) is 43.5 Å². The molecule has 2 atom stereocenters. The number of nitrogens with zero attached hydrogens (tertiary/aromatic N) is 1. The number of hydrogen-bond donors (Lipinski definition) is 2. The highest BCUT2D eigenvalue weighted by Crippen LogP contribution is 2.17. The van der Waals surface area contributed by atoms with Gasteiger partial charge in [-0.1, -0.05) is 12.5 Å². The van der Waals surface area contributed by atoms with Crippen LogP contribution in [0.5, 0.6) is 0 Å². The molecule has 2 rings (SSSR count). The second kappa shape index (κ2) is 8.89. The Kier molecular flexibility index (Phi) is 6.86. The lowest BCUT2D eigenvalue weighted by Crippen LogP contribution is -2.48. The molecule has 1 fully saturated rings. The quantitative estimate of drug-likeness (QED) is 0.758. The van der Waals surface area contributed by atoms with Crippen molar-refractivity contribution >= 4 is 11.6 Å². The molecule has 0 saturated carbocycles. The number of benzene rings is 1. The number of carbonyl (C=O) groups is 1. The fraction of sp³-hybridized carbons (Fsp3) is 0.611. The van der Waals surface area contributed by atoms with E-state index in [1.54, 1.807) is 0 Å². The summed E-state index contributed by atoms with van der Waals surface area (Å²) in [6.45, 7) is 6.98. The summed E-state index contributed by atoms with van der Waals surface area (Å²) in [5, 5.41) is 3.38. The van der Waals surface area contributed by atoms with Crippen molar-refractivity contribution in [2.45, 2.75) is 45.3 Å². The Labute approximate surface area is 139 Å². The molecular formula is C18H29N3O2. The van der Waals surface area contributed by atoms with E-state index in [4.69, 9.17) is 10.5 Å². The molecule has 1 aliphatic rings. The van der Waals surface area contributed by atoms with Crippen molar-refractivity contribution < 1.29 is 9.53 Å². The van der Waals surface area contributed by atoms with Crippen LogP contribution in [-0.2, 0) is 4.74 Å². The Hall–Kier alpha value is -1.59. The summed E-state index contributed by atoms with van der Waals surface area (Å²) in [7, 11) is 0. The predicted octanol–water partition coefficient (Wildman–Crippen LogP) is 2.48. The maximum Gasteiger partial charge on any atom is 0.254 e. The lowest BCUT2D eigenvalue weighted by Gasteiger charge is -2.35. The van der Waals surface area contributed by atoms with Gasteiger partial charge in [0.2, 0.25) is 0 Å². The summed E-state index contributed by atoms with van der Waals surface area (Å²) < 4.78 is 5.70. The number of ether oxygens (including phenoxy) is 1. The summed E-state index contributed by atoms with van der Waals surface area (Å²) >= 11 is 0. The molecule has 0 spiro atoms. The van der Waals surface area contributed by atoms with E-state index in [-0.39, 0.29) is 18.1 Å². The molecule has 1 aromatic carbocycles. The highest BCUT2D eigenvalue weighted by Gasteiger charge is 2.26. The minimum atomic E-state index is 0.0822. The lowest BCUT2D eigenvalue weighted by atomic mass is 10.1. The summed E-state index contributed by atoms with van der Waals surface area (Å²) in [6.07, 6.45) is 3.46. The van der Waals surface area contributed by atoms with Crippen molar-refractivity contribution in [2.75, 3.05) is 31.5 Å². The molecule has 3 N–H and O–H groups in total. The minimum absolute atomic E-state index is 0.0822. The smallest absolute Gasteiger partial charge is 0.254 e. The topological polar surface area (TPSA) is 67.6 Å². The molecule has 23 heavy (non-hydrogen) atoms. The van der Waals surface area contributed by atoms with E-state index >= 15 is 0 Å². The summed E-state index contributed by atoms with van der Waals surface area (Å²) in [4.78, 5) is 14.6. The van der Waals surface area contributed by atoms with E-state index in [1.807, 2.05) is 43.0 Å². The van der Waals surface area contributed by atoms with Gasteiger partial charge in [-0.15, -0.1) is 0 Å². The molecule has 1 amide bonds. The minimum Gasteiger partial charge on any atom is -0.385 e. The number of nitrogens with two attached hydrogens (primary N) is 1. The number of carbonyl (C=O) groups excluding carboxylic acids is 1. The maximum absolute atomic E-state index is 12.7. The van der Waals surface area contributed by atoms with Gasteiger partial charge in [-0.3, -0.25) is 4.79 Å². The number of rotatable bonds is 7. The second-order valence-electron chi connectivity index (χ2n) is 6.32. The van der Waals surface area contributed by atoms with Gasteiger partial charge in [-0.2, -0.15) is 0 Å². The van der Waals surface area contributed by atoms with Gasteiger partial charge in [0, 0.05) is 30.9 Å². The summed E-state index contributed by atoms with van der Waals surface area (Å²) in [5.74, 6) is 0.0822. The van der Waals surface area contributed by atoms with Gasteiger partial charge in [0.1, 0.15) is 0 Å². The predicted molar refractivity (Wildman–Crippen MR) is 93.7 cm³/mol. The Morgan fingerprint density at radius 2 is 2.00 bits per heavy atom. The van der Waals surface area contributed by atoms with Crippen molar-refractivity contribution in [1.82, 2.24) is 4.90 Å². The highest BCUT2D eigenvalue weighted by atomic mass is 16.5. The first-order valence-electron chi connectivity index (χ1n) is 8.59. The number of hydrogen-bond acceptors (Lipinski definition) is 4. The van der Waals surface area contributed by atoms with Crippen molar-refractivity contribution in [3.8, 4) is 0 Å². The molecule has 5 nitrogen and oxygen atoms in total. The van der Waals surface area contributed by atoms with Crippen molar-refractivity contribution in [3.05, 3.63) is 29.8 Å². The van der Waals surface area contributed by atoms with Crippen LogP contribution in [-0.4, -0.2) is 49.2 Å². The number of anilines is 1. The normalized spacial score (nSPS) is 21.3. The van der Waals surface area contributed by atoms with Crippen LogP contribution in [0.2, 0.25) is 0 Å². The van der Waals surface area contributed by atoms with E-state index < -0.39 is 0 Å². The zero-order valence-electron chi connectivity index (χ0n) is 14.3. The van der Waals surface area contributed by atoms with Crippen LogP contribution in [0.15, 0.2) is 24.3 Å². The Balaban J connectivity index is 1.91. The summed E-state index contributed by atoms with van der Waals surface area (Å²) in [5.41, 5.74) is 7.23. The van der Waals surface area contributed by atoms with Crippen molar-refractivity contribution in [2.24, 2.45) is 5.73 Å². The molecule has 1 saturated heterocycles. The fourth-order valence-corrected chi connectivity index (χ4v) is 2.97. The molecule has 1 aromatic rings. The third kappa shape index (κ3) is 5.52. The maximum atomic E-state index is 12.7. The van der Waals surface area contributed by atoms with E-state index in [2.05, 4.69) is 5.32 Å². The van der Waals surface area contributed by atoms with Gasteiger partial charge in [0.15, 0.2) is 0 Å². The first kappa shape index (κ1) is 17.8. The summed E-state index contributed by atoms with van der Waals surface area (Å²) in [6, 6.07) is 7.76. The van der Waals surface area contributed by atoms with Crippen molar-refractivity contribution in [3.63, 3.8) is 0 Å². The number of morpholine rings is 1. The molecule has 128 valence electrons. The Bertz CT molecular complexity index is 497. The Morgan fingerprint density at radius 1 is 1.26 bits per heavy atom. The lowest BCUT2D eigenvalue weighted by molar-refractivity contribution is -0.0586. The largest absolute Gasteiger partial charge is 0.385 e. The molecule has 0 bridgehead atoms. The number of nitrogens with one attached hydrogen (secondary N) is 1. The van der Waals surface area contributed by atoms with Crippen molar-refractivity contribution in [1.29, 1.82) is 0 Å². The molecule has 0 radical (unpaired) electrons. The second-order valence-corrected chi connectivity index (χ2v) is 6.32. The van der Waals surface area contributed by atoms with Gasteiger partial charge < -0.3 is 20.7 Å². The monoisotopic (exact) mass is 319 g/mol. The van der Waals surface area contributed by atoms with E-state index in [9.17, 15) is 4.79 Å². The van der Waals surface area contributed by atoms with Gasteiger partial charge >= 0.3 is 0 Å². The van der Waals surface area contributed by atoms with Crippen LogP contribution in [0.3, 0.4) is 0 Å². The number of amides is 1. The highest BCUT2D eigenvalue weighted by molar-refractivity contribution is 5.95. The van der Waals surface area contributed by atoms with Crippen LogP contribution in [0.4, 0.5) is 5.69 Å². The standard InChI is InChI=1S/C18H29N3O2/c1-14-12-21(13-15(2)23-14)18(22)16-7-6-8-17(11-16)20-10-5-3-4-9-19/h6-8,11,14-15,20H,3-5,9-10,12-13,19H2,1-2H3. The SMILES string of the molecule is CC1CN(C(=O)c2cccc(NCCCCCN)c2)CC(C)O1. The van der Waals surface area contributed by atoms with Gasteiger partial charge in [-0.05, 0) is 51.4 Å². The average molecular weight is 319 g/mol. The molecular weight excluding hydrogens is 290 g/mol. The van der Waals surface area contributed by atoms with Crippen LogP contribution >= 0.6 is 0 Å². The van der Waals surface area contributed by atoms with E-state index in [1.165, 1.54) is 0 Å². The first-order valence-corrected chi connectivity index (χ1v) is 8.59. The van der Waals surface area contributed by atoms with E-state index in [0.717, 1.165) is 43.6 Å². The molecule has 1 heterocycles. The zero-order chi connectivity index (χ0) is 16.7. The molecule has 2 unspecified atom stereocenters. The molecule has 0 aromatic heterocycles. The molecule has 1 aliphatic heterocycles. The van der Waals surface area contributed by atoms with Crippen LogP contribution in [0.25, 0.3) is 0 Å². The fourth-order valence-electron chi connectivity index (χ4n) is 2.97. The molecule has 0 aliphatic carbocycles. The van der Waals surface area contributed by atoms with E-state index in [0.29, 0.717) is 13.1 Å². The van der Waals surface area contributed by atoms with Crippen LogP contribution < -0.4 is 11.1 Å². The number of unbranched alkanes of at least 4 members (excludes halogenated alkanes) is 2.